The van der Waals surface area contributed by atoms with Gasteiger partial charge < -0.3 is 4.74 Å². The van der Waals surface area contributed by atoms with Crippen LogP contribution in [0.2, 0.25) is 0 Å². The minimum absolute atomic E-state index is 0.0997. The zero-order valence-electron chi connectivity index (χ0n) is 11.4. The smallest absolute Gasteiger partial charge is 0.376 e. The van der Waals surface area contributed by atoms with E-state index >= 15 is 0 Å². The minimum Gasteiger partial charge on any atom is -0.463 e. The van der Waals surface area contributed by atoms with Crippen molar-refractivity contribution in [1.82, 2.24) is 9.97 Å². The van der Waals surface area contributed by atoms with Gasteiger partial charge in [0.1, 0.15) is 0 Å². The summed E-state index contributed by atoms with van der Waals surface area (Å²) in [5.74, 6) is -0.410. The van der Waals surface area contributed by atoms with Gasteiger partial charge in [-0.25, -0.2) is 14.8 Å². The molecular weight excluding hydrogens is 252 g/mol. The van der Waals surface area contributed by atoms with Crippen molar-refractivity contribution in [2.45, 2.75) is 25.7 Å². The number of aromatic nitrogens is 2. The lowest BCUT2D eigenvalue weighted by atomic mass is 9.90. The molecule has 1 aliphatic carbocycles. The fraction of sp³-hybridized carbons (Fsp3) is 0.312. The van der Waals surface area contributed by atoms with Crippen LogP contribution in [-0.2, 0) is 17.6 Å². The highest BCUT2D eigenvalue weighted by atomic mass is 16.5. The lowest BCUT2D eigenvalue weighted by Crippen LogP contribution is -2.08. The molecule has 1 aliphatic rings. The second kappa shape index (κ2) is 5.41. The first-order valence-electron chi connectivity index (χ1n) is 6.81. The van der Waals surface area contributed by atoms with E-state index in [2.05, 4.69) is 32.9 Å². The van der Waals surface area contributed by atoms with E-state index in [9.17, 15) is 4.79 Å². The number of hydrogen-bond donors (Lipinski definition) is 0. The van der Waals surface area contributed by atoms with Gasteiger partial charge in [0.15, 0.2) is 0 Å². The maximum Gasteiger partial charge on any atom is 0.376 e. The molecule has 0 amide bonds. The van der Waals surface area contributed by atoms with Gasteiger partial charge in [0.05, 0.1) is 12.8 Å². The first-order chi connectivity index (χ1) is 9.78. The van der Waals surface area contributed by atoms with Crippen LogP contribution < -0.4 is 0 Å². The average Bonchev–Trinajstić information content (AvgIpc) is 2.53. The maximum absolute atomic E-state index is 11.5. The third-order valence-corrected chi connectivity index (χ3v) is 3.67. The summed E-state index contributed by atoms with van der Waals surface area (Å²) >= 11 is 0. The van der Waals surface area contributed by atoms with Gasteiger partial charge in [0, 0.05) is 11.8 Å². The molecule has 0 atom stereocenters. The van der Waals surface area contributed by atoms with Gasteiger partial charge in [-0.3, -0.25) is 0 Å². The molecule has 0 spiro atoms. The molecule has 4 heteroatoms. The Labute approximate surface area is 117 Å². The number of hydrogen-bond acceptors (Lipinski definition) is 4. The van der Waals surface area contributed by atoms with E-state index in [1.54, 1.807) is 6.20 Å². The van der Waals surface area contributed by atoms with E-state index in [0.29, 0.717) is 0 Å². The van der Waals surface area contributed by atoms with Crippen LogP contribution in [0.25, 0.3) is 11.3 Å². The summed E-state index contributed by atoms with van der Waals surface area (Å²) in [6.45, 7) is 0. The van der Waals surface area contributed by atoms with Crippen LogP contribution in [0.15, 0.2) is 30.5 Å². The van der Waals surface area contributed by atoms with Crippen molar-refractivity contribution < 1.29 is 9.53 Å². The number of esters is 1. The molecule has 0 fully saturated rings. The normalized spacial score (nSPS) is 13.7. The topological polar surface area (TPSA) is 52.1 Å². The molecular formula is C16H16N2O2. The molecule has 2 aromatic rings. The maximum atomic E-state index is 11.5. The SMILES string of the molecule is COC(=O)c1nccc(-c2ccc3c(c2)CCCC3)n1. The Hall–Kier alpha value is -2.23. The summed E-state index contributed by atoms with van der Waals surface area (Å²) < 4.78 is 4.65. The largest absolute Gasteiger partial charge is 0.463 e. The number of methoxy groups -OCH3 is 1. The van der Waals surface area contributed by atoms with E-state index in [0.717, 1.165) is 24.1 Å². The standard InChI is InChI=1S/C16H16N2O2/c1-20-16(19)15-17-9-8-14(18-15)13-7-6-11-4-2-3-5-12(11)10-13/h6-10H,2-5H2,1H3. The molecule has 0 saturated heterocycles. The lowest BCUT2D eigenvalue weighted by Gasteiger charge is -2.16. The van der Waals surface area contributed by atoms with E-state index in [1.807, 2.05) is 6.07 Å². The van der Waals surface area contributed by atoms with Crippen LogP contribution in [0.5, 0.6) is 0 Å². The number of carbonyl (C=O) groups is 1. The highest BCUT2D eigenvalue weighted by Gasteiger charge is 2.13. The zero-order chi connectivity index (χ0) is 13.9. The zero-order valence-corrected chi connectivity index (χ0v) is 11.4. The number of fused-ring (bicyclic) bond motifs is 1. The summed E-state index contributed by atoms with van der Waals surface area (Å²) in [6, 6.07) is 8.23. The Bertz CT molecular complexity index is 653. The summed E-state index contributed by atoms with van der Waals surface area (Å²) in [5, 5.41) is 0. The molecule has 102 valence electrons. The molecule has 0 bridgehead atoms. The van der Waals surface area contributed by atoms with Gasteiger partial charge in [-0.2, -0.15) is 0 Å². The number of aryl methyl sites for hydroxylation is 2. The Balaban J connectivity index is 1.98. The highest BCUT2D eigenvalue weighted by molar-refractivity contribution is 5.85. The van der Waals surface area contributed by atoms with Crippen LogP contribution >= 0.6 is 0 Å². The van der Waals surface area contributed by atoms with Crippen molar-refractivity contribution in [2.75, 3.05) is 7.11 Å². The molecule has 1 aromatic heterocycles. The molecule has 0 radical (unpaired) electrons. The van der Waals surface area contributed by atoms with E-state index in [4.69, 9.17) is 0 Å². The van der Waals surface area contributed by atoms with Crippen molar-refractivity contribution in [3.8, 4) is 11.3 Å². The molecule has 0 N–H and O–H groups in total. The van der Waals surface area contributed by atoms with Crippen molar-refractivity contribution >= 4 is 5.97 Å². The van der Waals surface area contributed by atoms with Gasteiger partial charge in [0.25, 0.3) is 0 Å². The number of rotatable bonds is 2. The highest BCUT2D eigenvalue weighted by Crippen LogP contribution is 2.26. The van der Waals surface area contributed by atoms with E-state index < -0.39 is 5.97 Å². The molecule has 0 unspecified atom stereocenters. The number of nitrogens with zero attached hydrogens (tertiary/aromatic N) is 2. The number of benzene rings is 1. The molecule has 1 heterocycles. The first kappa shape index (κ1) is 12.8. The van der Waals surface area contributed by atoms with Crippen molar-refractivity contribution in [3.63, 3.8) is 0 Å². The Morgan fingerprint density at radius 1 is 1.15 bits per heavy atom. The summed E-state index contributed by atoms with van der Waals surface area (Å²) in [7, 11) is 1.33. The van der Waals surface area contributed by atoms with Gasteiger partial charge >= 0.3 is 5.97 Å². The molecule has 20 heavy (non-hydrogen) atoms. The van der Waals surface area contributed by atoms with Crippen LogP contribution in [-0.4, -0.2) is 23.0 Å². The fourth-order valence-electron chi connectivity index (χ4n) is 2.60. The fourth-order valence-corrected chi connectivity index (χ4v) is 2.60. The molecule has 4 nitrogen and oxygen atoms in total. The molecule has 1 aromatic carbocycles. The Morgan fingerprint density at radius 3 is 2.75 bits per heavy atom. The van der Waals surface area contributed by atoms with Crippen molar-refractivity contribution in [2.24, 2.45) is 0 Å². The quantitative estimate of drug-likeness (QED) is 0.786. The van der Waals surface area contributed by atoms with E-state index in [1.165, 1.54) is 31.1 Å². The average molecular weight is 268 g/mol. The lowest BCUT2D eigenvalue weighted by molar-refractivity contribution is 0.0587. The second-order valence-electron chi connectivity index (χ2n) is 4.95. The van der Waals surface area contributed by atoms with Gasteiger partial charge in [-0.15, -0.1) is 0 Å². The Kier molecular flexibility index (Phi) is 3.46. The van der Waals surface area contributed by atoms with Crippen molar-refractivity contribution in [3.05, 3.63) is 47.4 Å². The van der Waals surface area contributed by atoms with Gasteiger partial charge in [-0.05, 0) is 48.9 Å². The van der Waals surface area contributed by atoms with Crippen LogP contribution in [0.4, 0.5) is 0 Å². The van der Waals surface area contributed by atoms with Gasteiger partial charge in [-0.1, -0.05) is 12.1 Å². The molecule has 0 saturated carbocycles. The molecule has 3 rings (SSSR count). The van der Waals surface area contributed by atoms with Crippen LogP contribution in [0.1, 0.15) is 34.6 Å². The number of carbonyl (C=O) groups excluding carboxylic acids is 1. The van der Waals surface area contributed by atoms with Crippen LogP contribution in [0.3, 0.4) is 0 Å². The molecule has 0 aliphatic heterocycles. The third kappa shape index (κ3) is 2.41. The summed E-state index contributed by atoms with van der Waals surface area (Å²) in [6.07, 6.45) is 6.39. The predicted octanol–water partition coefficient (Wildman–Crippen LogP) is 2.81. The van der Waals surface area contributed by atoms with E-state index in [-0.39, 0.29) is 5.82 Å². The van der Waals surface area contributed by atoms with Crippen LogP contribution in [0, 0.1) is 0 Å². The minimum atomic E-state index is -0.509. The van der Waals surface area contributed by atoms with Crippen molar-refractivity contribution in [1.29, 1.82) is 0 Å². The number of ether oxygens (including phenoxy) is 1. The predicted molar refractivity (Wildman–Crippen MR) is 75.4 cm³/mol. The van der Waals surface area contributed by atoms with Gasteiger partial charge in [0.2, 0.25) is 5.82 Å². The monoisotopic (exact) mass is 268 g/mol. The summed E-state index contributed by atoms with van der Waals surface area (Å²) in [5.41, 5.74) is 4.61. The Morgan fingerprint density at radius 2 is 1.95 bits per heavy atom. The second-order valence-corrected chi connectivity index (χ2v) is 4.95. The third-order valence-electron chi connectivity index (χ3n) is 3.67. The summed E-state index contributed by atoms with van der Waals surface area (Å²) in [4.78, 5) is 19.7. The first-order valence-corrected chi connectivity index (χ1v) is 6.81.